The summed E-state index contributed by atoms with van der Waals surface area (Å²) >= 11 is 0. The van der Waals surface area contributed by atoms with Crippen LogP contribution in [0.5, 0.6) is 0 Å². The van der Waals surface area contributed by atoms with Gasteiger partial charge in [-0.3, -0.25) is 14.6 Å². The molecule has 5 rings (SSSR count). The number of nitrogens with zero attached hydrogens (tertiary/aromatic N) is 3. The Hall–Kier alpha value is -4.68. The van der Waals surface area contributed by atoms with E-state index >= 15 is 0 Å². The SMILES string of the molecule is Nc1ccc(/C=C/C(=O)CCc2cc3cc(-c4ccc(C(=O)N5CCC[C@H]5C(F)(F)F)cn4)cc(C(F)(F)F)c3o2)cn1. The Morgan fingerprint density at radius 3 is 2.47 bits per heavy atom. The average molecular weight is 603 g/mol. The first-order valence-electron chi connectivity index (χ1n) is 13.2. The Morgan fingerprint density at radius 2 is 1.81 bits per heavy atom. The van der Waals surface area contributed by atoms with Crippen molar-refractivity contribution >= 4 is 34.6 Å². The first kappa shape index (κ1) is 29.8. The number of halogens is 6. The minimum atomic E-state index is -4.78. The summed E-state index contributed by atoms with van der Waals surface area (Å²) in [4.78, 5) is 33.8. The van der Waals surface area contributed by atoms with Gasteiger partial charge in [0.1, 0.15) is 23.2 Å². The van der Waals surface area contributed by atoms with Crippen molar-refractivity contribution < 1.29 is 40.3 Å². The van der Waals surface area contributed by atoms with Crippen molar-refractivity contribution in [1.82, 2.24) is 14.9 Å². The molecule has 2 N–H and O–H groups in total. The fraction of sp³-hybridized carbons (Fsp3) is 0.267. The summed E-state index contributed by atoms with van der Waals surface area (Å²) in [6.07, 6.45) is -3.87. The summed E-state index contributed by atoms with van der Waals surface area (Å²) in [6.45, 7) is -0.0544. The number of benzene rings is 1. The van der Waals surface area contributed by atoms with E-state index in [1.807, 2.05) is 0 Å². The number of carbonyl (C=O) groups is 2. The van der Waals surface area contributed by atoms with Gasteiger partial charge in [-0.1, -0.05) is 0 Å². The molecule has 1 aromatic carbocycles. The maximum atomic E-state index is 14.0. The highest BCUT2D eigenvalue weighted by atomic mass is 19.4. The molecular weight excluding hydrogens is 578 g/mol. The predicted molar refractivity (Wildman–Crippen MR) is 146 cm³/mol. The molecule has 3 aromatic heterocycles. The van der Waals surface area contributed by atoms with Gasteiger partial charge >= 0.3 is 12.4 Å². The number of hydrogen-bond donors (Lipinski definition) is 1. The molecule has 0 radical (unpaired) electrons. The van der Waals surface area contributed by atoms with Crippen molar-refractivity contribution in [2.45, 2.75) is 44.1 Å². The Labute approximate surface area is 241 Å². The molecule has 224 valence electrons. The molecule has 7 nitrogen and oxygen atoms in total. The number of fused-ring (bicyclic) bond motifs is 1. The van der Waals surface area contributed by atoms with Crippen LogP contribution in [0, 0.1) is 0 Å². The number of rotatable bonds is 7. The van der Waals surface area contributed by atoms with Crippen molar-refractivity contribution in [3.05, 3.63) is 83.4 Å². The number of carbonyl (C=O) groups excluding carboxylic acids is 2. The van der Waals surface area contributed by atoms with Crippen LogP contribution >= 0.6 is 0 Å². The Balaban J connectivity index is 1.35. The van der Waals surface area contributed by atoms with Crippen LogP contribution in [0.2, 0.25) is 0 Å². The van der Waals surface area contributed by atoms with Gasteiger partial charge in [-0.2, -0.15) is 26.3 Å². The van der Waals surface area contributed by atoms with Crippen molar-refractivity contribution in [2.24, 2.45) is 0 Å². The minimum Gasteiger partial charge on any atom is -0.460 e. The van der Waals surface area contributed by atoms with Crippen LogP contribution < -0.4 is 5.73 Å². The zero-order valence-electron chi connectivity index (χ0n) is 22.4. The number of aryl methyl sites for hydroxylation is 1. The number of aromatic nitrogens is 2. The van der Waals surface area contributed by atoms with Crippen LogP contribution in [0.3, 0.4) is 0 Å². The maximum Gasteiger partial charge on any atom is 0.420 e. The molecule has 0 spiro atoms. The van der Waals surface area contributed by atoms with E-state index < -0.39 is 35.4 Å². The normalized spacial score (nSPS) is 16.0. The number of amides is 1. The van der Waals surface area contributed by atoms with Gasteiger partial charge in [-0.25, -0.2) is 4.98 Å². The summed E-state index contributed by atoms with van der Waals surface area (Å²) in [5.41, 5.74) is 4.77. The van der Waals surface area contributed by atoms with Crippen LogP contribution in [0.4, 0.5) is 32.2 Å². The third-order valence-corrected chi connectivity index (χ3v) is 7.06. The maximum absolute atomic E-state index is 14.0. The van der Waals surface area contributed by atoms with Gasteiger partial charge in [0, 0.05) is 42.7 Å². The molecule has 1 fully saturated rings. The van der Waals surface area contributed by atoms with E-state index in [0.717, 1.165) is 17.2 Å². The third kappa shape index (κ3) is 6.71. The third-order valence-electron chi connectivity index (χ3n) is 7.06. The highest BCUT2D eigenvalue weighted by Gasteiger charge is 2.47. The van der Waals surface area contributed by atoms with Crippen LogP contribution in [0.25, 0.3) is 28.3 Å². The van der Waals surface area contributed by atoms with E-state index in [1.54, 1.807) is 18.2 Å². The number of allylic oxidation sites excluding steroid dienone is 1. The number of anilines is 1. The molecule has 0 bridgehead atoms. The number of likely N-dealkylation sites (tertiary alicyclic amines) is 1. The topological polar surface area (TPSA) is 102 Å². The molecule has 0 unspecified atom stereocenters. The molecule has 4 aromatic rings. The lowest BCUT2D eigenvalue weighted by Gasteiger charge is -2.26. The van der Waals surface area contributed by atoms with Gasteiger partial charge in [0.2, 0.25) is 0 Å². The molecule has 1 amide bonds. The molecule has 13 heteroatoms. The highest BCUT2D eigenvalue weighted by molar-refractivity contribution is 5.95. The lowest BCUT2D eigenvalue weighted by molar-refractivity contribution is -0.169. The molecule has 43 heavy (non-hydrogen) atoms. The number of alkyl halides is 6. The van der Waals surface area contributed by atoms with Crippen LogP contribution in [0.15, 0.2) is 65.4 Å². The number of nitrogen functional groups attached to an aromatic ring is 1. The van der Waals surface area contributed by atoms with E-state index in [4.69, 9.17) is 10.2 Å². The second kappa shape index (κ2) is 11.5. The largest absolute Gasteiger partial charge is 0.460 e. The monoisotopic (exact) mass is 602 g/mol. The lowest BCUT2D eigenvalue weighted by Crippen LogP contribution is -2.44. The van der Waals surface area contributed by atoms with Gasteiger partial charge in [0.25, 0.3) is 5.91 Å². The zero-order valence-corrected chi connectivity index (χ0v) is 22.4. The number of furan rings is 1. The second-order valence-electron chi connectivity index (χ2n) is 10.1. The summed E-state index contributed by atoms with van der Waals surface area (Å²) in [6, 6.07) is 7.60. The molecule has 1 saturated heterocycles. The van der Waals surface area contributed by atoms with Gasteiger partial charge in [0.15, 0.2) is 5.78 Å². The standard InChI is InChI=1S/C30H24F6N4O3/c31-29(32,33)23-14-19(24-9-5-18(16-38-24)28(42)40-11-1-2-25(40)30(34,35)36)12-20-13-22(43-27(20)23)8-7-21(41)6-3-17-4-10-26(37)39-15-17/h3-6,9-10,12-16,25H,1-2,7-8,11H2,(H2,37,39)/b6-3+/t25-/m0/s1. The first-order valence-corrected chi connectivity index (χ1v) is 13.2. The Morgan fingerprint density at radius 1 is 1.02 bits per heavy atom. The predicted octanol–water partition coefficient (Wildman–Crippen LogP) is 6.87. The Bertz CT molecular complexity index is 1680. The van der Waals surface area contributed by atoms with E-state index in [0.29, 0.717) is 11.4 Å². The summed E-state index contributed by atoms with van der Waals surface area (Å²) in [5, 5.41) is 0.128. The van der Waals surface area contributed by atoms with Gasteiger partial charge in [-0.05, 0) is 73.0 Å². The molecule has 1 aliphatic rings. The van der Waals surface area contributed by atoms with E-state index in [2.05, 4.69) is 9.97 Å². The summed E-state index contributed by atoms with van der Waals surface area (Å²) in [5.74, 6) is -0.618. The second-order valence-corrected chi connectivity index (χ2v) is 10.1. The van der Waals surface area contributed by atoms with Crippen LogP contribution in [-0.2, 0) is 17.4 Å². The van der Waals surface area contributed by atoms with E-state index in [9.17, 15) is 35.9 Å². The van der Waals surface area contributed by atoms with Crippen LogP contribution in [0.1, 0.15) is 46.5 Å². The fourth-order valence-corrected chi connectivity index (χ4v) is 4.93. The molecule has 0 saturated carbocycles. The number of pyridine rings is 2. The smallest absolute Gasteiger partial charge is 0.420 e. The average Bonchev–Trinajstić information content (AvgIpc) is 3.62. The van der Waals surface area contributed by atoms with Crippen molar-refractivity contribution in [1.29, 1.82) is 0 Å². The molecule has 1 aliphatic heterocycles. The molecule has 1 atom stereocenters. The summed E-state index contributed by atoms with van der Waals surface area (Å²) in [7, 11) is 0. The quantitative estimate of drug-likeness (QED) is 0.183. The van der Waals surface area contributed by atoms with Crippen molar-refractivity contribution in [2.75, 3.05) is 12.3 Å². The minimum absolute atomic E-state index is 0.0177. The van der Waals surface area contributed by atoms with Gasteiger partial charge in [0.05, 0.1) is 16.8 Å². The van der Waals surface area contributed by atoms with Gasteiger partial charge < -0.3 is 15.1 Å². The number of ketones is 1. The number of nitrogens with two attached hydrogens (primary N) is 1. The highest BCUT2D eigenvalue weighted by Crippen LogP contribution is 2.39. The first-order chi connectivity index (χ1) is 20.3. The number of hydrogen-bond acceptors (Lipinski definition) is 6. The molecule has 0 aliphatic carbocycles. The molecule has 4 heterocycles. The van der Waals surface area contributed by atoms with Crippen LogP contribution in [-0.4, -0.2) is 45.3 Å². The lowest BCUT2D eigenvalue weighted by atomic mass is 10.0. The summed E-state index contributed by atoms with van der Waals surface area (Å²) < 4.78 is 87.4. The van der Waals surface area contributed by atoms with Crippen molar-refractivity contribution in [3.63, 3.8) is 0 Å². The van der Waals surface area contributed by atoms with E-state index in [-0.39, 0.29) is 66.0 Å². The van der Waals surface area contributed by atoms with Crippen molar-refractivity contribution in [3.8, 4) is 11.3 Å². The zero-order chi connectivity index (χ0) is 30.9. The fourth-order valence-electron chi connectivity index (χ4n) is 4.93. The molecular formula is C30H24F6N4O3. The Kier molecular flexibility index (Phi) is 8.00. The van der Waals surface area contributed by atoms with Gasteiger partial charge in [-0.15, -0.1) is 0 Å². The van der Waals surface area contributed by atoms with E-state index in [1.165, 1.54) is 36.5 Å².